The van der Waals surface area contributed by atoms with E-state index in [2.05, 4.69) is 15.5 Å². The third-order valence-electron chi connectivity index (χ3n) is 3.06. The van der Waals surface area contributed by atoms with Crippen LogP contribution in [0.3, 0.4) is 0 Å². The topological polar surface area (TPSA) is 87.9 Å². The standard InChI is InChI=1S/C17H12N4O2S/c18-10-13-8-4-5-9-14(13)23-11-15(22)19-17-21-20-16(24-17)12-6-2-1-3-7-12/h1-9H,11H2,(H,19,21,22). The largest absolute Gasteiger partial charge is 0.482 e. The molecule has 0 unspecified atom stereocenters. The monoisotopic (exact) mass is 336 g/mol. The molecule has 0 bridgehead atoms. The lowest BCUT2D eigenvalue weighted by Gasteiger charge is -2.06. The predicted octanol–water partition coefficient (Wildman–Crippen LogP) is 3.09. The van der Waals surface area contributed by atoms with Gasteiger partial charge < -0.3 is 4.74 Å². The molecule has 0 saturated heterocycles. The average molecular weight is 336 g/mol. The number of anilines is 1. The number of aromatic nitrogens is 2. The zero-order valence-electron chi connectivity index (χ0n) is 12.5. The van der Waals surface area contributed by atoms with Gasteiger partial charge in [-0.05, 0) is 12.1 Å². The average Bonchev–Trinajstić information content (AvgIpc) is 3.09. The molecule has 2 aromatic carbocycles. The fraction of sp³-hybridized carbons (Fsp3) is 0.0588. The zero-order valence-corrected chi connectivity index (χ0v) is 13.3. The van der Waals surface area contributed by atoms with Crippen LogP contribution in [0.25, 0.3) is 10.6 Å². The van der Waals surface area contributed by atoms with Crippen molar-refractivity contribution in [2.24, 2.45) is 0 Å². The van der Waals surface area contributed by atoms with Crippen LogP contribution >= 0.6 is 11.3 Å². The van der Waals surface area contributed by atoms with Crippen molar-refractivity contribution in [3.8, 4) is 22.4 Å². The summed E-state index contributed by atoms with van der Waals surface area (Å²) in [5.41, 5.74) is 1.32. The number of benzene rings is 2. The van der Waals surface area contributed by atoms with Crippen LogP contribution in [-0.4, -0.2) is 22.7 Å². The molecule has 24 heavy (non-hydrogen) atoms. The first-order valence-corrected chi connectivity index (χ1v) is 7.88. The van der Waals surface area contributed by atoms with Gasteiger partial charge in [-0.2, -0.15) is 5.26 Å². The van der Waals surface area contributed by atoms with E-state index in [0.29, 0.717) is 16.4 Å². The fourth-order valence-corrected chi connectivity index (χ4v) is 2.72. The Bertz CT molecular complexity index is 887. The van der Waals surface area contributed by atoms with E-state index in [0.717, 1.165) is 10.6 Å². The molecule has 0 aliphatic carbocycles. The molecule has 6 nitrogen and oxygen atoms in total. The van der Waals surface area contributed by atoms with Crippen LogP contribution in [0.4, 0.5) is 5.13 Å². The van der Waals surface area contributed by atoms with Gasteiger partial charge in [0.25, 0.3) is 5.91 Å². The SMILES string of the molecule is N#Cc1ccccc1OCC(=O)Nc1nnc(-c2ccccc2)s1. The summed E-state index contributed by atoms with van der Waals surface area (Å²) in [5, 5.41) is 20.7. The summed E-state index contributed by atoms with van der Waals surface area (Å²) in [6.45, 7) is -0.209. The number of rotatable bonds is 5. The second kappa shape index (κ2) is 7.35. The summed E-state index contributed by atoms with van der Waals surface area (Å²) in [4.78, 5) is 12.0. The molecule has 0 saturated carbocycles. The minimum Gasteiger partial charge on any atom is -0.482 e. The molecule has 0 atom stereocenters. The predicted molar refractivity (Wildman–Crippen MR) is 90.6 cm³/mol. The van der Waals surface area contributed by atoms with Crippen molar-refractivity contribution < 1.29 is 9.53 Å². The lowest BCUT2D eigenvalue weighted by Crippen LogP contribution is -2.20. The van der Waals surface area contributed by atoms with Gasteiger partial charge in [0.05, 0.1) is 5.56 Å². The lowest BCUT2D eigenvalue weighted by molar-refractivity contribution is -0.118. The highest BCUT2D eigenvalue weighted by atomic mass is 32.1. The normalized spacial score (nSPS) is 9.96. The maximum Gasteiger partial charge on any atom is 0.264 e. The van der Waals surface area contributed by atoms with Gasteiger partial charge in [0.1, 0.15) is 16.8 Å². The number of hydrogen-bond donors (Lipinski definition) is 1. The van der Waals surface area contributed by atoms with E-state index < -0.39 is 0 Å². The van der Waals surface area contributed by atoms with E-state index in [4.69, 9.17) is 10.00 Å². The lowest BCUT2D eigenvalue weighted by atomic mass is 10.2. The van der Waals surface area contributed by atoms with Crippen molar-refractivity contribution in [1.82, 2.24) is 10.2 Å². The molecule has 0 aliphatic rings. The van der Waals surface area contributed by atoms with Crippen molar-refractivity contribution in [2.45, 2.75) is 0 Å². The molecule has 1 N–H and O–H groups in total. The molecule has 1 amide bonds. The van der Waals surface area contributed by atoms with Gasteiger partial charge in [0.2, 0.25) is 5.13 Å². The Kier molecular flexibility index (Phi) is 4.79. The summed E-state index contributed by atoms with van der Waals surface area (Å²) in [6.07, 6.45) is 0. The van der Waals surface area contributed by atoms with Gasteiger partial charge in [0.15, 0.2) is 6.61 Å². The third-order valence-corrected chi connectivity index (χ3v) is 3.95. The maximum atomic E-state index is 12.0. The van der Waals surface area contributed by atoms with Gasteiger partial charge in [0, 0.05) is 5.56 Å². The van der Waals surface area contributed by atoms with E-state index in [1.807, 2.05) is 36.4 Å². The van der Waals surface area contributed by atoms with E-state index in [9.17, 15) is 4.79 Å². The molecule has 0 aliphatic heterocycles. The van der Waals surface area contributed by atoms with Crippen molar-refractivity contribution in [2.75, 3.05) is 11.9 Å². The Morgan fingerprint density at radius 1 is 1.12 bits per heavy atom. The van der Waals surface area contributed by atoms with Crippen molar-refractivity contribution in [3.05, 3.63) is 60.2 Å². The number of amides is 1. The number of hydrogen-bond acceptors (Lipinski definition) is 6. The highest BCUT2D eigenvalue weighted by molar-refractivity contribution is 7.18. The Morgan fingerprint density at radius 3 is 2.67 bits per heavy atom. The first kappa shape index (κ1) is 15.6. The van der Waals surface area contributed by atoms with E-state index in [1.54, 1.807) is 24.3 Å². The third kappa shape index (κ3) is 3.74. The first-order chi connectivity index (χ1) is 11.8. The van der Waals surface area contributed by atoms with Crippen LogP contribution in [0, 0.1) is 11.3 Å². The Labute approximate surface area is 142 Å². The minimum absolute atomic E-state index is 0.209. The van der Waals surface area contributed by atoms with Crippen molar-refractivity contribution >= 4 is 22.4 Å². The summed E-state index contributed by atoms with van der Waals surface area (Å²) < 4.78 is 5.38. The Hall–Kier alpha value is -3.24. The quantitative estimate of drug-likeness (QED) is 0.773. The fourth-order valence-electron chi connectivity index (χ4n) is 1.95. The zero-order chi connectivity index (χ0) is 16.8. The van der Waals surface area contributed by atoms with E-state index in [1.165, 1.54) is 11.3 Å². The van der Waals surface area contributed by atoms with Gasteiger partial charge in [-0.1, -0.05) is 53.8 Å². The number of nitriles is 1. The molecule has 3 aromatic rings. The molecule has 1 aromatic heterocycles. The Morgan fingerprint density at radius 2 is 1.88 bits per heavy atom. The summed E-state index contributed by atoms with van der Waals surface area (Å²) in [5.74, 6) is 0.0101. The van der Waals surface area contributed by atoms with Crippen LogP contribution < -0.4 is 10.1 Å². The molecule has 0 spiro atoms. The second-order valence-corrected chi connectivity index (χ2v) is 5.70. The van der Waals surface area contributed by atoms with Crippen LogP contribution in [0.2, 0.25) is 0 Å². The molecular weight excluding hydrogens is 324 g/mol. The first-order valence-electron chi connectivity index (χ1n) is 7.07. The summed E-state index contributed by atoms with van der Waals surface area (Å²) in [7, 11) is 0. The summed E-state index contributed by atoms with van der Waals surface area (Å²) in [6, 6.07) is 18.4. The molecule has 3 rings (SSSR count). The molecule has 0 fully saturated rings. The number of nitrogens with one attached hydrogen (secondary N) is 1. The van der Waals surface area contributed by atoms with E-state index >= 15 is 0 Å². The number of ether oxygens (including phenoxy) is 1. The number of carbonyl (C=O) groups excluding carboxylic acids is 1. The molecular formula is C17H12N4O2S. The molecule has 7 heteroatoms. The van der Waals surface area contributed by atoms with Gasteiger partial charge in [-0.15, -0.1) is 10.2 Å². The van der Waals surface area contributed by atoms with Gasteiger partial charge >= 0.3 is 0 Å². The highest BCUT2D eigenvalue weighted by Gasteiger charge is 2.11. The highest BCUT2D eigenvalue weighted by Crippen LogP contribution is 2.25. The van der Waals surface area contributed by atoms with E-state index in [-0.39, 0.29) is 12.5 Å². The van der Waals surface area contributed by atoms with Crippen molar-refractivity contribution in [3.63, 3.8) is 0 Å². The molecule has 0 radical (unpaired) electrons. The number of para-hydroxylation sites is 1. The second-order valence-electron chi connectivity index (χ2n) is 4.72. The maximum absolute atomic E-state index is 12.0. The Balaban J connectivity index is 1.60. The van der Waals surface area contributed by atoms with Gasteiger partial charge in [-0.25, -0.2) is 0 Å². The number of nitrogens with zero attached hydrogens (tertiary/aromatic N) is 3. The van der Waals surface area contributed by atoms with Crippen LogP contribution in [0.15, 0.2) is 54.6 Å². The smallest absolute Gasteiger partial charge is 0.264 e. The number of carbonyl (C=O) groups is 1. The molecule has 1 heterocycles. The summed E-state index contributed by atoms with van der Waals surface area (Å²) >= 11 is 1.28. The van der Waals surface area contributed by atoms with Crippen LogP contribution in [-0.2, 0) is 4.79 Å². The molecule has 118 valence electrons. The van der Waals surface area contributed by atoms with Crippen LogP contribution in [0.1, 0.15) is 5.56 Å². The van der Waals surface area contributed by atoms with Crippen LogP contribution in [0.5, 0.6) is 5.75 Å². The minimum atomic E-state index is -0.362. The van der Waals surface area contributed by atoms with Gasteiger partial charge in [-0.3, -0.25) is 10.1 Å². The van der Waals surface area contributed by atoms with Crippen molar-refractivity contribution in [1.29, 1.82) is 5.26 Å².